The predicted molar refractivity (Wildman–Crippen MR) is 70.1 cm³/mol. The summed E-state index contributed by atoms with van der Waals surface area (Å²) in [5.74, 6) is -1.26. The molecule has 1 aromatic heterocycles. The van der Waals surface area contributed by atoms with Crippen LogP contribution >= 0.6 is 11.6 Å². The molecule has 0 fully saturated rings. The van der Waals surface area contributed by atoms with Gasteiger partial charge in [0.2, 0.25) is 11.3 Å². The summed E-state index contributed by atoms with van der Waals surface area (Å²) in [5, 5.41) is 10.9. The van der Waals surface area contributed by atoms with Crippen molar-refractivity contribution in [1.29, 1.82) is 0 Å². The Bertz CT molecular complexity index is 766. The highest BCUT2D eigenvalue weighted by atomic mass is 35.5. The van der Waals surface area contributed by atoms with Gasteiger partial charge in [-0.15, -0.1) is 0 Å². The monoisotopic (exact) mass is 297 g/mol. The highest BCUT2D eigenvalue weighted by molar-refractivity contribution is 6.31. The third kappa shape index (κ3) is 2.48. The van der Waals surface area contributed by atoms with Crippen LogP contribution in [0, 0.1) is 10.1 Å². The van der Waals surface area contributed by atoms with E-state index in [1.165, 1.54) is 6.07 Å². The molecule has 2 rings (SSSR count). The van der Waals surface area contributed by atoms with Gasteiger partial charge in [0.05, 0.1) is 16.9 Å². The van der Waals surface area contributed by atoms with Crippen LogP contribution in [0.5, 0.6) is 0 Å². The largest absolute Gasteiger partial charge is 0.460 e. The highest BCUT2D eigenvalue weighted by Gasteiger charge is 2.21. The van der Waals surface area contributed by atoms with Crippen LogP contribution in [0.2, 0.25) is 5.02 Å². The highest BCUT2D eigenvalue weighted by Crippen LogP contribution is 2.28. The van der Waals surface area contributed by atoms with Crippen LogP contribution in [0.1, 0.15) is 17.5 Å². The van der Waals surface area contributed by atoms with E-state index in [9.17, 15) is 19.7 Å². The number of ether oxygens (including phenoxy) is 1. The molecule has 20 heavy (non-hydrogen) atoms. The van der Waals surface area contributed by atoms with Crippen LogP contribution in [0.3, 0.4) is 0 Å². The van der Waals surface area contributed by atoms with Gasteiger partial charge in [0.1, 0.15) is 0 Å². The molecule has 0 aliphatic carbocycles. The molecule has 0 bridgehead atoms. The molecular formula is C12H8ClNO6. The SMILES string of the molecule is CCOC(=O)c1cc(=O)c2cc(Cl)cc([N+](=O)[O-])c2o1. The normalized spacial score (nSPS) is 10.5. The summed E-state index contributed by atoms with van der Waals surface area (Å²) in [6, 6.07) is 3.20. The van der Waals surface area contributed by atoms with E-state index in [0.717, 1.165) is 12.1 Å². The summed E-state index contributed by atoms with van der Waals surface area (Å²) in [6.07, 6.45) is 0. The van der Waals surface area contributed by atoms with E-state index in [-0.39, 0.29) is 22.6 Å². The maximum Gasteiger partial charge on any atom is 0.374 e. The standard InChI is InChI=1S/C12H8ClNO6/c1-2-19-12(16)10-5-9(15)7-3-6(13)4-8(14(17)18)11(7)20-10/h3-5H,2H2,1H3. The Hall–Kier alpha value is -2.41. The van der Waals surface area contributed by atoms with Crippen LogP contribution < -0.4 is 5.43 Å². The molecule has 8 heteroatoms. The predicted octanol–water partition coefficient (Wildman–Crippen LogP) is 2.53. The van der Waals surface area contributed by atoms with Gasteiger partial charge in [-0.1, -0.05) is 11.6 Å². The van der Waals surface area contributed by atoms with E-state index in [1.54, 1.807) is 6.92 Å². The van der Waals surface area contributed by atoms with Crippen LogP contribution in [-0.4, -0.2) is 17.5 Å². The van der Waals surface area contributed by atoms with Gasteiger partial charge in [-0.05, 0) is 13.0 Å². The van der Waals surface area contributed by atoms with Gasteiger partial charge in [0, 0.05) is 17.2 Å². The van der Waals surface area contributed by atoms with Gasteiger partial charge in [-0.2, -0.15) is 0 Å². The quantitative estimate of drug-likeness (QED) is 0.490. The minimum Gasteiger partial charge on any atom is -0.460 e. The summed E-state index contributed by atoms with van der Waals surface area (Å²) in [7, 11) is 0. The molecule has 104 valence electrons. The number of rotatable bonds is 3. The molecular weight excluding hydrogens is 290 g/mol. The zero-order chi connectivity index (χ0) is 14.9. The lowest BCUT2D eigenvalue weighted by Gasteiger charge is -2.03. The number of carbonyl (C=O) groups excluding carboxylic acids is 1. The first kappa shape index (κ1) is 14.0. The van der Waals surface area contributed by atoms with Crippen LogP contribution in [-0.2, 0) is 4.74 Å². The maximum atomic E-state index is 11.9. The fourth-order valence-corrected chi connectivity index (χ4v) is 1.86. The molecule has 7 nitrogen and oxygen atoms in total. The molecule has 1 aromatic carbocycles. The Kier molecular flexibility index (Phi) is 3.71. The third-order valence-electron chi connectivity index (χ3n) is 2.45. The molecule has 0 aliphatic heterocycles. The Balaban J connectivity index is 2.78. The second-order valence-corrected chi connectivity index (χ2v) is 4.19. The van der Waals surface area contributed by atoms with Crippen molar-refractivity contribution < 1.29 is 18.9 Å². The van der Waals surface area contributed by atoms with Crippen LogP contribution in [0.25, 0.3) is 11.0 Å². The van der Waals surface area contributed by atoms with Crippen molar-refractivity contribution in [3.63, 3.8) is 0 Å². The summed E-state index contributed by atoms with van der Waals surface area (Å²) in [6.45, 7) is 1.67. The maximum absolute atomic E-state index is 11.9. The summed E-state index contributed by atoms with van der Waals surface area (Å²) < 4.78 is 9.82. The van der Waals surface area contributed by atoms with Gasteiger partial charge < -0.3 is 9.15 Å². The van der Waals surface area contributed by atoms with Crippen molar-refractivity contribution in [1.82, 2.24) is 0 Å². The van der Waals surface area contributed by atoms with E-state index >= 15 is 0 Å². The summed E-state index contributed by atoms with van der Waals surface area (Å²) in [5.41, 5.74) is -1.41. The van der Waals surface area contributed by atoms with Gasteiger partial charge in [0.15, 0.2) is 5.43 Å². The van der Waals surface area contributed by atoms with Gasteiger partial charge in [-0.3, -0.25) is 14.9 Å². The van der Waals surface area contributed by atoms with Crippen LogP contribution in [0.4, 0.5) is 5.69 Å². The molecule has 0 N–H and O–H groups in total. The Morgan fingerprint density at radius 1 is 1.45 bits per heavy atom. The number of carbonyl (C=O) groups is 1. The topological polar surface area (TPSA) is 99.7 Å². The minimum absolute atomic E-state index is 0.0281. The molecule has 0 unspecified atom stereocenters. The molecule has 0 aliphatic rings. The van der Waals surface area contributed by atoms with E-state index in [1.807, 2.05) is 0 Å². The molecule has 0 radical (unpaired) electrons. The lowest BCUT2D eigenvalue weighted by Crippen LogP contribution is -2.10. The summed E-state index contributed by atoms with van der Waals surface area (Å²) >= 11 is 5.72. The van der Waals surface area contributed by atoms with Crippen molar-refractivity contribution in [2.24, 2.45) is 0 Å². The number of nitro groups is 1. The Morgan fingerprint density at radius 3 is 2.75 bits per heavy atom. The van der Waals surface area contributed by atoms with Crippen molar-refractivity contribution in [2.75, 3.05) is 6.61 Å². The molecule has 0 saturated heterocycles. The number of fused-ring (bicyclic) bond motifs is 1. The first-order valence-electron chi connectivity index (χ1n) is 5.53. The number of non-ortho nitro benzene ring substituents is 1. The van der Waals surface area contributed by atoms with E-state index in [4.69, 9.17) is 16.0 Å². The molecule has 1 heterocycles. The minimum atomic E-state index is -0.865. The number of halogens is 1. The number of esters is 1. The molecule has 2 aromatic rings. The first-order valence-corrected chi connectivity index (χ1v) is 5.90. The lowest BCUT2D eigenvalue weighted by atomic mass is 10.2. The smallest absolute Gasteiger partial charge is 0.374 e. The number of nitrogens with zero attached hydrogens (tertiary/aromatic N) is 1. The lowest BCUT2D eigenvalue weighted by molar-refractivity contribution is -0.383. The number of benzene rings is 1. The second kappa shape index (κ2) is 5.30. The Labute approximate surface area is 116 Å². The number of hydrogen-bond donors (Lipinski definition) is 0. The first-order chi connectivity index (χ1) is 9.43. The van der Waals surface area contributed by atoms with Crippen molar-refractivity contribution in [3.05, 3.63) is 49.3 Å². The van der Waals surface area contributed by atoms with E-state index < -0.39 is 27.8 Å². The zero-order valence-electron chi connectivity index (χ0n) is 10.2. The van der Waals surface area contributed by atoms with Crippen LogP contribution in [0.15, 0.2) is 27.4 Å². The number of nitro benzene ring substituents is 1. The Morgan fingerprint density at radius 2 is 2.15 bits per heavy atom. The molecule has 0 saturated carbocycles. The second-order valence-electron chi connectivity index (χ2n) is 3.75. The number of hydrogen-bond acceptors (Lipinski definition) is 6. The summed E-state index contributed by atoms with van der Waals surface area (Å²) in [4.78, 5) is 33.6. The average molecular weight is 298 g/mol. The van der Waals surface area contributed by atoms with E-state index in [0.29, 0.717) is 0 Å². The van der Waals surface area contributed by atoms with Gasteiger partial charge in [-0.25, -0.2) is 4.79 Å². The fourth-order valence-electron chi connectivity index (χ4n) is 1.64. The third-order valence-corrected chi connectivity index (χ3v) is 2.67. The van der Waals surface area contributed by atoms with Crippen molar-refractivity contribution >= 4 is 34.2 Å². The molecule has 0 amide bonds. The van der Waals surface area contributed by atoms with Gasteiger partial charge >= 0.3 is 11.7 Å². The van der Waals surface area contributed by atoms with Crippen molar-refractivity contribution in [3.8, 4) is 0 Å². The van der Waals surface area contributed by atoms with Gasteiger partial charge in [0.25, 0.3) is 0 Å². The fraction of sp³-hybridized carbons (Fsp3) is 0.167. The zero-order valence-corrected chi connectivity index (χ0v) is 11.0. The van der Waals surface area contributed by atoms with Crippen molar-refractivity contribution in [2.45, 2.75) is 6.92 Å². The molecule has 0 spiro atoms. The molecule has 0 atom stereocenters. The average Bonchev–Trinajstić information content (AvgIpc) is 2.38. The van der Waals surface area contributed by atoms with E-state index in [2.05, 4.69) is 4.74 Å².